The lowest BCUT2D eigenvalue weighted by Crippen LogP contribution is -1.92. The smallest absolute Gasteiger partial charge is 0.0743 e. The number of hydrogen-bond donors (Lipinski definition) is 0. The van der Waals surface area contributed by atoms with Gasteiger partial charge in [0.05, 0.1) is 5.69 Å². The Bertz CT molecular complexity index is 624. The lowest BCUT2D eigenvalue weighted by atomic mass is 10.0. The third-order valence-corrected chi connectivity index (χ3v) is 3.78. The predicted molar refractivity (Wildman–Crippen MR) is 71.4 cm³/mol. The minimum absolute atomic E-state index is 1.05. The third-order valence-electron chi connectivity index (χ3n) is 3.78. The van der Waals surface area contributed by atoms with Crippen LogP contribution in [0.4, 0.5) is 0 Å². The van der Waals surface area contributed by atoms with Gasteiger partial charge >= 0.3 is 0 Å². The van der Waals surface area contributed by atoms with Crippen LogP contribution < -0.4 is 0 Å². The van der Waals surface area contributed by atoms with E-state index in [1.54, 1.807) is 0 Å². The molecule has 0 amide bonds. The van der Waals surface area contributed by atoms with Gasteiger partial charge in [0, 0.05) is 17.7 Å². The van der Waals surface area contributed by atoms with E-state index in [0.717, 1.165) is 12.1 Å². The first kappa shape index (κ1) is 10.5. The number of pyridine rings is 1. The zero-order valence-corrected chi connectivity index (χ0v) is 10.9. The largest absolute Gasteiger partial charge is 0.253 e. The second kappa shape index (κ2) is 3.43. The first-order chi connectivity index (χ1) is 8.06. The van der Waals surface area contributed by atoms with Gasteiger partial charge in [-0.05, 0) is 56.0 Å². The van der Waals surface area contributed by atoms with Gasteiger partial charge in [-0.3, -0.25) is 4.98 Å². The SMILES string of the molecule is Cc1cc(C)c2c(c1)-c1nc(C)c(C)cc1C2. The molecule has 2 aromatic rings. The Balaban J connectivity index is 2.30. The van der Waals surface area contributed by atoms with Crippen LogP contribution >= 0.6 is 0 Å². The molecule has 0 atom stereocenters. The number of benzene rings is 1. The fourth-order valence-electron chi connectivity index (χ4n) is 2.76. The highest BCUT2D eigenvalue weighted by atomic mass is 14.7. The third kappa shape index (κ3) is 1.49. The molecule has 0 bridgehead atoms. The quantitative estimate of drug-likeness (QED) is 0.563. The molecule has 0 radical (unpaired) electrons. The van der Waals surface area contributed by atoms with Crippen molar-refractivity contribution in [1.29, 1.82) is 0 Å². The van der Waals surface area contributed by atoms with E-state index in [4.69, 9.17) is 4.98 Å². The number of rotatable bonds is 0. The first-order valence-electron chi connectivity index (χ1n) is 6.14. The molecule has 1 heterocycles. The summed E-state index contributed by atoms with van der Waals surface area (Å²) in [4.78, 5) is 4.78. The number of aromatic nitrogens is 1. The van der Waals surface area contributed by atoms with E-state index in [2.05, 4.69) is 45.9 Å². The van der Waals surface area contributed by atoms with Crippen LogP contribution in [0, 0.1) is 27.7 Å². The molecule has 0 saturated heterocycles. The summed E-state index contributed by atoms with van der Waals surface area (Å²) in [6, 6.07) is 6.84. The zero-order chi connectivity index (χ0) is 12.2. The summed E-state index contributed by atoms with van der Waals surface area (Å²) < 4.78 is 0. The molecule has 1 heteroatoms. The Labute approximate surface area is 103 Å². The molecule has 1 aromatic heterocycles. The topological polar surface area (TPSA) is 12.9 Å². The van der Waals surface area contributed by atoms with Gasteiger partial charge < -0.3 is 0 Å². The van der Waals surface area contributed by atoms with Crippen LogP contribution in [-0.4, -0.2) is 4.98 Å². The van der Waals surface area contributed by atoms with Gasteiger partial charge in [-0.15, -0.1) is 0 Å². The Morgan fingerprint density at radius 1 is 0.941 bits per heavy atom. The van der Waals surface area contributed by atoms with Gasteiger partial charge in [-0.2, -0.15) is 0 Å². The van der Waals surface area contributed by atoms with Gasteiger partial charge in [0.2, 0.25) is 0 Å². The van der Waals surface area contributed by atoms with E-state index in [0.29, 0.717) is 0 Å². The van der Waals surface area contributed by atoms with Crippen molar-refractivity contribution in [3.05, 3.63) is 51.7 Å². The van der Waals surface area contributed by atoms with E-state index in [1.165, 1.54) is 39.1 Å². The lowest BCUT2D eigenvalue weighted by molar-refractivity contribution is 1.12. The molecule has 0 N–H and O–H groups in total. The van der Waals surface area contributed by atoms with Crippen molar-refractivity contribution in [1.82, 2.24) is 4.98 Å². The molecule has 3 rings (SSSR count). The summed E-state index contributed by atoms with van der Waals surface area (Å²) in [5.74, 6) is 0. The summed E-state index contributed by atoms with van der Waals surface area (Å²) in [7, 11) is 0. The molecular formula is C16H17N. The van der Waals surface area contributed by atoms with E-state index in [-0.39, 0.29) is 0 Å². The molecule has 0 unspecified atom stereocenters. The van der Waals surface area contributed by atoms with Crippen molar-refractivity contribution in [2.45, 2.75) is 34.1 Å². The maximum Gasteiger partial charge on any atom is 0.0743 e. The predicted octanol–water partition coefficient (Wildman–Crippen LogP) is 3.89. The number of aryl methyl sites for hydroxylation is 4. The van der Waals surface area contributed by atoms with Crippen molar-refractivity contribution in [3.63, 3.8) is 0 Å². The van der Waals surface area contributed by atoms with Crippen LogP contribution in [0.15, 0.2) is 18.2 Å². The Morgan fingerprint density at radius 3 is 2.47 bits per heavy atom. The maximum absolute atomic E-state index is 4.78. The Morgan fingerprint density at radius 2 is 1.71 bits per heavy atom. The maximum atomic E-state index is 4.78. The van der Waals surface area contributed by atoms with Crippen molar-refractivity contribution in [2.24, 2.45) is 0 Å². The number of fused-ring (bicyclic) bond motifs is 3. The highest BCUT2D eigenvalue weighted by molar-refractivity contribution is 5.76. The van der Waals surface area contributed by atoms with Crippen LogP contribution in [0.2, 0.25) is 0 Å². The minimum Gasteiger partial charge on any atom is -0.253 e. The fourth-order valence-corrected chi connectivity index (χ4v) is 2.76. The van der Waals surface area contributed by atoms with Gasteiger partial charge in [0.25, 0.3) is 0 Å². The zero-order valence-electron chi connectivity index (χ0n) is 10.9. The molecular weight excluding hydrogens is 206 g/mol. The Hall–Kier alpha value is -1.63. The van der Waals surface area contributed by atoms with Crippen LogP contribution in [0.5, 0.6) is 0 Å². The monoisotopic (exact) mass is 223 g/mol. The highest BCUT2D eigenvalue weighted by Crippen LogP contribution is 2.38. The standard InChI is InChI=1S/C16H17N/c1-9-5-11(3)14-8-13-7-10(2)12(4)17-16(13)15(14)6-9/h5-7H,8H2,1-4H3. The van der Waals surface area contributed by atoms with E-state index >= 15 is 0 Å². The molecule has 1 aromatic carbocycles. The van der Waals surface area contributed by atoms with Gasteiger partial charge in [-0.25, -0.2) is 0 Å². The molecule has 17 heavy (non-hydrogen) atoms. The van der Waals surface area contributed by atoms with E-state index in [1.807, 2.05) is 0 Å². The Kier molecular flexibility index (Phi) is 2.12. The number of nitrogens with zero attached hydrogens (tertiary/aromatic N) is 1. The molecule has 1 aliphatic rings. The van der Waals surface area contributed by atoms with Crippen molar-refractivity contribution in [3.8, 4) is 11.3 Å². The highest BCUT2D eigenvalue weighted by Gasteiger charge is 2.22. The van der Waals surface area contributed by atoms with Crippen molar-refractivity contribution < 1.29 is 0 Å². The average molecular weight is 223 g/mol. The lowest BCUT2D eigenvalue weighted by Gasteiger charge is -2.06. The van der Waals surface area contributed by atoms with Crippen LogP contribution in [-0.2, 0) is 6.42 Å². The second-order valence-electron chi connectivity index (χ2n) is 5.18. The fraction of sp³-hybridized carbons (Fsp3) is 0.312. The minimum atomic E-state index is 1.05. The van der Waals surface area contributed by atoms with Gasteiger partial charge in [0.1, 0.15) is 0 Å². The average Bonchev–Trinajstić information content (AvgIpc) is 2.58. The van der Waals surface area contributed by atoms with Crippen molar-refractivity contribution in [2.75, 3.05) is 0 Å². The normalized spacial score (nSPS) is 12.5. The van der Waals surface area contributed by atoms with E-state index in [9.17, 15) is 0 Å². The summed E-state index contributed by atoms with van der Waals surface area (Å²) in [5, 5.41) is 0. The molecule has 1 aliphatic carbocycles. The van der Waals surface area contributed by atoms with Crippen LogP contribution in [0.25, 0.3) is 11.3 Å². The van der Waals surface area contributed by atoms with E-state index < -0.39 is 0 Å². The molecule has 0 saturated carbocycles. The first-order valence-corrected chi connectivity index (χ1v) is 6.14. The molecule has 0 fully saturated rings. The summed E-state index contributed by atoms with van der Waals surface area (Å²) >= 11 is 0. The summed E-state index contributed by atoms with van der Waals surface area (Å²) in [5.41, 5.74) is 10.6. The summed E-state index contributed by atoms with van der Waals surface area (Å²) in [6.07, 6.45) is 1.05. The summed E-state index contributed by atoms with van der Waals surface area (Å²) in [6.45, 7) is 8.60. The molecule has 0 spiro atoms. The molecule has 1 nitrogen and oxygen atoms in total. The second-order valence-corrected chi connectivity index (χ2v) is 5.18. The van der Waals surface area contributed by atoms with Crippen molar-refractivity contribution >= 4 is 0 Å². The van der Waals surface area contributed by atoms with Gasteiger partial charge in [0.15, 0.2) is 0 Å². The van der Waals surface area contributed by atoms with Crippen LogP contribution in [0.1, 0.15) is 33.5 Å². The van der Waals surface area contributed by atoms with Gasteiger partial charge in [-0.1, -0.05) is 17.7 Å². The number of hydrogen-bond acceptors (Lipinski definition) is 1. The van der Waals surface area contributed by atoms with Crippen LogP contribution in [0.3, 0.4) is 0 Å². The molecule has 86 valence electrons. The molecule has 0 aliphatic heterocycles.